The number of hydrogen-bond acceptors (Lipinski definition) is 6. The first kappa shape index (κ1) is 20.4. The van der Waals surface area contributed by atoms with Gasteiger partial charge in [-0.05, 0) is 31.6 Å². The molecule has 3 heterocycles. The molecule has 2 aromatic rings. The Morgan fingerprint density at radius 2 is 2.23 bits per heavy atom. The lowest BCUT2D eigenvalue weighted by Crippen LogP contribution is -2.51. The maximum Gasteiger partial charge on any atom is 0.177 e. The molecule has 152 valence electrons. The number of hydrogen-bond donors (Lipinski definition) is 1. The highest BCUT2D eigenvalue weighted by Crippen LogP contribution is 2.35. The Balaban J connectivity index is 1.99. The molecular weight excluding hydrogens is 423 g/mol. The second-order valence-corrected chi connectivity index (χ2v) is 7.72. The minimum absolute atomic E-state index is 0.0143. The molecule has 2 aromatic heterocycles. The van der Waals surface area contributed by atoms with Crippen molar-refractivity contribution in [2.75, 3.05) is 18.1 Å². The maximum absolute atomic E-state index is 9.77. The van der Waals surface area contributed by atoms with E-state index in [9.17, 15) is 10.4 Å². The molecule has 1 aliphatic heterocycles. The van der Waals surface area contributed by atoms with E-state index in [1.807, 2.05) is 19.1 Å². The molecule has 1 aliphatic carbocycles. The smallest absolute Gasteiger partial charge is 0.177 e. The molecule has 1 N–H and O–H groups in total. The molecular formula is C21H18Cl2N6O. The number of aliphatic hydroxyl groups is 1. The quantitative estimate of drug-likeness (QED) is 0.780. The molecule has 7 nitrogen and oxygen atoms in total. The van der Waals surface area contributed by atoms with Gasteiger partial charge < -0.3 is 10.0 Å². The predicted molar refractivity (Wildman–Crippen MR) is 119 cm³/mol. The summed E-state index contributed by atoms with van der Waals surface area (Å²) in [7, 11) is 0. The van der Waals surface area contributed by atoms with Gasteiger partial charge in [0.2, 0.25) is 0 Å². The molecule has 9 heteroatoms. The van der Waals surface area contributed by atoms with Crippen LogP contribution in [-0.4, -0.2) is 44.6 Å². The Kier molecular flexibility index (Phi) is 5.48. The fourth-order valence-electron chi connectivity index (χ4n) is 3.58. The van der Waals surface area contributed by atoms with Crippen LogP contribution in [0.25, 0.3) is 11.7 Å². The van der Waals surface area contributed by atoms with Gasteiger partial charge in [0.05, 0.1) is 24.1 Å². The van der Waals surface area contributed by atoms with E-state index in [2.05, 4.69) is 32.6 Å². The van der Waals surface area contributed by atoms with E-state index in [-0.39, 0.29) is 23.4 Å². The van der Waals surface area contributed by atoms with Crippen LogP contribution >= 0.6 is 23.2 Å². The number of nitriles is 1. The SMILES string of the molecule is C=CN=C1C=C(Cl)C=C/C1=C\c1c(C)nc2c(C#N)c(Cl)nn2c1N1CCC1CO. The summed E-state index contributed by atoms with van der Waals surface area (Å²) in [5.41, 5.74) is 3.61. The fraction of sp³-hybridized carbons (Fsp3) is 0.238. The van der Waals surface area contributed by atoms with Gasteiger partial charge in [-0.3, -0.25) is 4.99 Å². The fourth-order valence-corrected chi connectivity index (χ4v) is 3.95. The number of halogens is 2. The Hall–Kier alpha value is -2.92. The highest BCUT2D eigenvalue weighted by molar-refractivity contribution is 6.35. The van der Waals surface area contributed by atoms with Crippen molar-refractivity contribution in [3.05, 3.63) is 63.6 Å². The van der Waals surface area contributed by atoms with Crippen LogP contribution in [0.15, 0.2) is 46.6 Å². The van der Waals surface area contributed by atoms with Crippen molar-refractivity contribution in [2.45, 2.75) is 19.4 Å². The molecule has 1 atom stereocenters. The van der Waals surface area contributed by atoms with Gasteiger partial charge in [0, 0.05) is 28.9 Å². The molecule has 0 aromatic carbocycles. The molecule has 0 bridgehead atoms. The summed E-state index contributed by atoms with van der Waals surface area (Å²) < 4.78 is 1.59. The van der Waals surface area contributed by atoms with Crippen LogP contribution < -0.4 is 4.90 Å². The average Bonchev–Trinajstić information content (AvgIpc) is 3.00. The Bertz CT molecular complexity index is 1210. The molecule has 1 fully saturated rings. The zero-order chi connectivity index (χ0) is 21.4. The van der Waals surface area contributed by atoms with Crippen molar-refractivity contribution in [2.24, 2.45) is 4.99 Å². The number of allylic oxidation sites excluding steroid dienone is 5. The summed E-state index contributed by atoms with van der Waals surface area (Å²) in [5, 5.41) is 24.3. The van der Waals surface area contributed by atoms with Crippen LogP contribution in [0, 0.1) is 18.3 Å². The maximum atomic E-state index is 9.77. The van der Waals surface area contributed by atoms with Crippen LogP contribution in [0.4, 0.5) is 5.82 Å². The molecule has 0 spiro atoms. The van der Waals surface area contributed by atoms with Crippen LogP contribution in [0.2, 0.25) is 5.15 Å². The van der Waals surface area contributed by atoms with Gasteiger partial charge in [0.25, 0.3) is 0 Å². The zero-order valence-electron chi connectivity index (χ0n) is 16.2. The van der Waals surface area contributed by atoms with Gasteiger partial charge >= 0.3 is 0 Å². The second-order valence-electron chi connectivity index (χ2n) is 6.93. The number of nitrogens with zero attached hydrogens (tertiary/aromatic N) is 6. The highest BCUT2D eigenvalue weighted by atomic mass is 35.5. The minimum atomic E-state index is -0.0433. The lowest BCUT2D eigenvalue weighted by atomic mass is 9.98. The third-order valence-corrected chi connectivity index (χ3v) is 5.68. The van der Waals surface area contributed by atoms with Gasteiger partial charge in [-0.15, -0.1) is 0 Å². The van der Waals surface area contributed by atoms with E-state index >= 15 is 0 Å². The van der Waals surface area contributed by atoms with Crippen molar-refractivity contribution in [3.8, 4) is 6.07 Å². The van der Waals surface area contributed by atoms with E-state index in [0.717, 1.165) is 29.9 Å². The molecule has 2 aliphatic rings. The first-order valence-corrected chi connectivity index (χ1v) is 10.1. The third-order valence-electron chi connectivity index (χ3n) is 5.18. The monoisotopic (exact) mass is 440 g/mol. The number of aryl methyl sites for hydroxylation is 1. The Labute approximate surface area is 183 Å². The molecule has 0 radical (unpaired) electrons. The number of aliphatic imine (C=N–C) groups is 1. The van der Waals surface area contributed by atoms with Crippen molar-refractivity contribution in [1.29, 1.82) is 5.26 Å². The zero-order valence-corrected chi connectivity index (χ0v) is 17.7. The number of fused-ring (bicyclic) bond motifs is 1. The highest BCUT2D eigenvalue weighted by Gasteiger charge is 2.33. The van der Waals surface area contributed by atoms with Crippen LogP contribution in [-0.2, 0) is 0 Å². The van der Waals surface area contributed by atoms with E-state index in [1.165, 1.54) is 6.20 Å². The van der Waals surface area contributed by atoms with Gasteiger partial charge in [-0.2, -0.15) is 14.9 Å². The second kappa shape index (κ2) is 8.07. The topological polar surface area (TPSA) is 89.8 Å². The van der Waals surface area contributed by atoms with E-state index < -0.39 is 0 Å². The molecule has 30 heavy (non-hydrogen) atoms. The molecule has 0 amide bonds. The normalized spacial score (nSPS) is 21.1. The first-order valence-electron chi connectivity index (χ1n) is 9.31. The lowest BCUT2D eigenvalue weighted by molar-refractivity contribution is 0.225. The van der Waals surface area contributed by atoms with E-state index in [0.29, 0.717) is 22.1 Å². The number of aromatic nitrogens is 3. The molecule has 1 saturated heterocycles. The van der Waals surface area contributed by atoms with Gasteiger partial charge in [0.15, 0.2) is 10.8 Å². The van der Waals surface area contributed by atoms with Crippen molar-refractivity contribution in [3.63, 3.8) is 0 Å². The Morgan fingerprint density at radius 3 is 2.87 bits per heavy atom. The van der Waals surface area contributed by atoms with Crippen LogP contribution in [0.5, 0.6) is 0 Å². The molecule has 1 unspecified atom stereocenters. The van der Waals surface area contributed by atoms with Gasteiger partial charge in [-0.1, -0.05) is 35.9 Å². The van der Waals surface area contributed by atoms with Crippen molar-refractivity contribution in [1.82, 2.24) is 14.6 Å². The molecule has 4 rings (SSSR count). The third kappa shape index (κ3) is 3.33. The summed E-state index contributed by atoms with van der Waals surface area (Å²) in [6, 6.07) is 2.03. The largest absolute Gasteiger partial charge is 0.394 e. The number of rotatable bonds is 4. The average molecular weight is 441 g/mol. The number of aliphatic hydroxyl groups excluding tert-OH is 1. The lowest BCUT2D eigenvalue weighted by Gasteiger charge is -2.42. The van der Waals surface area contributed by atoms with Crippen LogP contribution in [0.1, 0.15) is 23.2 Å². The summed E-state index contributed by atoms with van der Waals surface area (Å²) >= 11 is 12.3. The summed E-state index contributed by atoms with van der Waals surface area (Å²) in [6.45, 7) is 6.30. The Morgan fingerprint density at radius 1 is 1.43 bits per heavy atom. The summed E-state index contributed by atoms with van der Waals surface area (Å²) in [5.74, 6) is 0.728. The number of anilines is 1. The molecule has 0 saturated carbocycles. The van der Waals surface area contributed by atoms with Gasteiger partial charge in [-0.25, -0.2) is 4.98 Å². The first-order chi connectivity index (χ1) is 14.5. The van der Waals surface area contributed by atoms with Gasteiger partial charge in [0.1, 0.15) is 17.5 Å². The van der Waals surface area contributed by atoms with Crippen molar-refractivity contribution >= 4 is 46.5 Å². The minimum Gasteiger partial charge on any atom is -0.394 e. The standard InChI is InChI=1S/C21H18Cl2N6O/c1-3-25-18-9-14(22)5-4-13(18)8-16-12(2)26-20-17(10-24)19(23)27-29(20)21(16)28-7-6-15(28)11-30/h3-5,8-9,15,30H,1,6-7,11H2,2H3/b13-8+,25-18?. The summed E-state index contributed by atoms with van der Waals surface area (Å²) in [4.78, 5) is 11.0. The van der Waals surface area contributed by atoms with E-state index in [1.54, 1.807) is 16.7 Å². The predicted octanol–water partition coefficient (Wildman–Crippen LogP) is 3.79. The van der Waals surface area contributed by atoms with Crippen molar-refractivity contribution < 1.29 is 5.11 Å². The van der Waals surface area contributed by atoms with E-state index in [4.69, 9.17) is 23.2 Å². The van der Waals surface area contributed by atoms with Crippen LogP contribution in [0.3, 0.4) is 0 Å². The summed E-state index contributed by atoms with van der Waals surface area (Å²) in [6.07, 6.45) is 9.68.